The van der Waals surface area contributed by atoms with Crippen LogP contribution in [0.25, 0.3) is 22.0 Å². The Morgan fingerprint density at radius 2 is 2.15 bits per heavy atom. The Kier molecular flexibility index (Phi) is 4.94. The van der Waals surface area contributed by atoms with Crippen LogP contribution in [0.15, 0.2) is 36.7 Å². The Bertz CT molecular complexity index is 970. The van der Waals surface area contributed by atoms with Crippen molar-refractivity contribution >= 4 is 16.6 Å². The van der Waals surface area contributed by atoms with Gasteiger partial charge in [-0.2, -0.15) is 0 Å². The van der Waals surface area contributed by atoms with Crippen molar-refractivity contribution in [2.24, 2.45) is 13.0 Å². The molecule has 140 valence electrons. The van der Waals surface area contributed by atoms with Gasteiger partial charge in [0.1, 0.15) is 12.5 Å². The summed E-state index contributed by atoms with van der Waals surface area (Å²) in [5.74, 6) is 0.177. The second-order valence-electron chi connectivity index (χ2n) is 7.10. The van der Waals surface area contributed by atoms with Crippen molar-refractivity contribution in [3.05, 3.63) is 42.4 Å². The molecule has 0 amide bonds. The van der Waals surface area contributed by atoms with E-state index >= 15 is 0 Å². The molecule has 2 aromatic heterocycles. The van der Waals surface area contributed by atoms with Gasteiger partial charge >= 0.3 is 0 Å². The minimum Gasteiger partial charge on any atom is -0.300 e. The number of Topliss-reactive ketones (excluding diaryl/α,β-unsaturated/α-hetero) is 1. The number of aryl methyl sites for hydroxylation is 1. The highest BCUT2D eigenvalue weighted by atomic mass is 19.1. The van der Waals surface area contributed by atoms with Crippen molar-refractivity contribution in [3.8, 4) is 11.3 Å². The summed E-state index contributed by atoms with van der Waals surface area (Å²) in [6.07, 6.45) is 4.68. The molecule has 27 heavy (non-hydrogen) atoms. The monoisotopic (exact) mass is 367 g/mol. The summed E-state index contributed by atoms with van der Waals surface area (Å²) in [6, 6.07) is 8.09. The van der Waals surface area contributed by atoms with Crippen LogP contribution in [0.3, 0.4) is 0 Å². The lowest BCUT2D eigenvalue weighted by atomic mass is 9.98. The quantitative estimate of drug-likeness (QED) is 0.670. The highest BCUT2D eigenvalue weighted by molar-refractivity contribution is 5.88. The van der Waals surface area contributed by atoms with E-state index < -0.39 is 0 Å². The normalized spacial score (nSPS) is 17.6. The third kappa shape index (κ3) is 3.73. The van der Waals surface area contributed by atoms with Gasteiger partial charge in [0, 0.05) is 55.3 Å². The Balaban J connectivity index is 1.52. The molecule has 0 aliphatic carbocycles. The molecule has 0 spiro atoms. The third-order valence-electron chi connectivity index (χ3n) is 5.27. The van der Waals surface area contributed by atoms with Gasteiger partial charge < -0.3 is 4.90 Å². The van der Waals surface area contributed by atoms with Gasteiger partial charge in [0.2, 0.25) is 0 Å². The average Bonchev–Trinajstić information content (AvgIpc) is 3.30. The smallest absolute Gasteiger partial charge is 0.143 e. The topological polar surface area (TPSA) is 63.9 Å². The lowest BCUT2D eigenvalue weighted by molar-refractivity contribution is -0.121. The van der Waals surface area contributed by atoms with Gasteiger partial charge in [-0.05, 0) is 30.5 Å². The molecule has 3 aromatic rings. The first-order valence-corrected chi connectivity index (χ1v) is 9.19. The summed E-state index contributed by atoms with van der Waals surface area (Å²) in [5, 5.41) is 9.97. The molecule has 1 fully saturated rings. The minimum atomic E-state index is -0.359. The number of ketones is 1. The number of fused-ring (bicyclic) bond motifs is 1. The van der Waals surface area contributed by atoms with Gasteiger partial charge in [-0.1, -0.05) is 17.3 Å². The summed E-state index contributed by atoms with van der Waals surface area (Å²) in [4.78, 5) is 19.1. The van der Waals surface area contributed by atoms with Crippen LogP contribution in [0.5, 0.6) is 0 Å². The number of likely N-dealkylation sites (tertiary alicyclic amines) is 1. The minimum absolute atomic E-state index is 0.0131. The number of rotatable bonds is 6. The summed E-state index contributed by atoms with van der Waals surface area (Å²) in [5.41, 5.74) is 2.73. The molecule has 1 aromatic carbocycles. The Morgan fingerprint density at radius 3 is 2.93 bits per heavy atom. The predicted molar refractivity (Wildman–Crippen MR) is 101 cm³/mol. The van der Waals surface area contributed by atoms with E-state index in [9.17, 15) is 9.18 Å². The maximum absolute atomic E-state index is 12.6. The first-order valence-electron chi connectivity index (χ1n) is 9.19. The Morgan fingerprint density at radius 1 is 1.26 bits per heavy atom. The van der Waals surface area contributed by atoms with E-state index in [0.717, 1.165) is 40.7 Å². The lowest BCUT2D eigenvalue weighted by Crippen LogP contribution is -2.26. The van der Waals surface area contributed by atoms with Gasteiger partial charge in [0.25, 0.3) is 0 Å². The van der Waals surface area contributed by atoms with Crippen LogP contribution in [-0.4, -0.2) is 57.0 Å². The second-order valence-corrected chi connectivity index (χ2v) is 7.10. The predicted octanol–water partition coefficient (Wildman–Crippen LogP) is 2.43. The van der Waals surface area contributed by atoms with Crippen molar-refractivity contribution in [1.29, 1.82) is 0 Å². The molecule has 1 unspecified atom stereocenters. The number of benzene rings is 1. The molecule has 3 heterocycles. The van der Waals surface area contributed by atoms with Crippen molar-refractivity contribution in [1.82, 2.24) is 24.9 Å². The fourth-order valence-electron chi connectivity index (χ4n) is 3.73. The van der Waals surface area contributed by atoms with E-state index in [2.05, 4.69) is 21.4 Å². The van der Waals surface area contributed by atoms with Crippen molar-refractivity contribution < 1.29 is 9.18 Å². The number of pyridine rings is 1. The fourth-order valence-corrected chi connectivity index (χ4v) is 3.73. The van der Waals surface area contributed by atoms with E-state index in [4.69, 9.17) is 0 Å². The molecule has 0 bridgehead atoms. The zero-order valence-corrected chi connectivity index (χ0v) is 15.3. The molecule has 7 heteroatoms. The molecule has 0 N–H and O–H groups in total. The first kappa shape index (κ1) is 17.7. The van der Waals surface area contributed by atoms with Gasteiger partial charge in [-0.15, -0.1) is 5.10 Å². The molecule has 1 aliphatic heterocycles. The van der Waals surface area contributed by atoms with E-state index in [1.807, 2.05) is 36.3 Å². The van der Waals surface area contributed by atoms with Gasteiger partial charge in [0.05, 0.1) is 11.9 Å². The van der Waals surface area contributed by atoms with Crippen LogP contribution >= 0.6 is 0 Å². The molecule has 0 saturated carbocycles. The maximum Gasteiger partial charge on any atom is 0.143 e. The average molecular weight is 367 g/mol. The van der Waals surface area contributed by atoms with Gasteiger partial charge in [-0.25, -0.2) is 9.07 Å². The highest BCUT2D eigenvalue weighted by Gasteiger charge is 2.27. The number of carbonyl (C=O) groups excluding carboxylic acids is 1. The van der Waals surface area contributed by atoms with Crippen molar-refractivity contribution in [3.63, 3.8) is 0 Å². The van der Waals surface area contributed by atoms with Crippen molar-refractivity contribution in [2.75, 3.05) is 26.3 Å². The van der Waals surface area contributed by atoms with Crippen LogP contribution in [0.4, 0.5) is 4.39 Å². The number of aromatic nitrogens is 4. The Hall–Kier alpha value is -2.67. The van der Waals surface area contributed by atoms with Crippen LogP contribution < -0.4 is 0 Å². The number of alkyl halides is 1. The number of halogens is 1. The number of carbonyl (C=O) groups is 1. The van der Waals surface area contributed by atoms with Gasteiger partial charge in [0.15, 0.2) is 0 Å². The molecule has 1 atom stereocenters. The molecule has 4 rings (SSSR count). The molecule has 1 aliphatic rings. The van der Waals surface area contributed by atoms with Crippen LogP contribution in [0.2, 0.25) is 0 Å². The second kappa shape index (κ2) is 7.52. The molecular weight excluding hydrogens is 345 g/mol. The fraction of sp³-hybridized carbons (Fsp3) is 0.400. The summed E-state index contributed by atoms with van der Waals surface area (Å²) < 4.78 is 14.2. The first-order chi connectivity index (χ1) is 13.1. The zero-order valence-electron chi connectivity index (χ0n) is 15.3. The summed E-state index contributed by atoms with van der Waals surface area (Å²) in [6.45, 7) is 1.52. The van der Waals surface area contributed by atoms with Crippen LogP contribution in [0, 0.1) is 5.92 Å². The number of hydrogen-bond donors (Lipinski definition) is 0. The molecule has 0 radical (unpaired) electrons. The number of hydrogen-bond acceptors (Lipinski definition) is 5. The summed E-state index contributed by atoms with van der Waals surface area (Å²) in [7, 11) is 1.86. The molecule has 1 saturated heterocycles. The largest absolute Gasteiger partial charge is 0.300 e. The van der Waals surface area contributed by atoms with Crippen LogP contribution in [-0.2, 0) is 18.3 Å². The highest BCUT2D eigenvalue weighted by Crippen LogP contribution is 2.24. The SMILES string of the molecule is Cn1nncc1-c1ccc2cnc(CC(=O)C3CCN(CCF)C3)cc2c1. The maximum atomic E-state index is 12.6. The van der Waals surface area contributed by atoms with E-state index in [-0.39, 0.29) is 18.4 Å². The third-order valence-corrected chi connectivity index (χ3v) is 5.27. The number of nitrogens with zero attached hydrogens (tertiary/aromatic N) is 5. The molecule has 6 nitrogen and oxygen atoms in total. The van der Waals surface area contributed by atoms with Gasteiger partial charge in [-0.3, -0.25) is 9.78 Å². The standard InChI is InChI=1S/C20H22FN5O/c1-25-19(12-23-24-25)14-2-3-15-11-22-18(9-17(15)8-14)10-20(27)16-4-6-26(13-16)7-5-21/h2-3,8-9,11-12,16H,4-7,10,13H2,1H3. The zero-order chi connectivity index (χ0) is 18.8. The Labute approximate surface area is 157 Å². The summed E-state index contributed by atoms with van der Waals surface area (Å²) >= 11 is 0. The van der Waals surface area contributed by atoms with Crippen molar-refractivity contribution in [2.45, 2.75) is 12.8 Å². The van der Waals surface area contributed by atoms with E-state index in [0.29, 0.717) is 19.5 Å². The van der Waals surface area contributed by atoms with E-state index in [1.165, 1.54) is 0 Å². The lowest BCUT2D eigenvalue weighted by Gasteiger charge is -2.13. The molecular formula is C20H22FN5O. The van der Waals surface area contributed by atoms with Crippen LogP contribution in [0.1, 0.15) is 12.1 Å². The van der Waals surface area contributed by atoms with E-state index in [1.54, 1.807) is 10.9 Å².